The monoisotopic (exact) mass is 402 g/mol. The SMILES string of the molecule is N=C(N)NC(=O)OCc1ccnc(N2CC3CC2CN3c2cccc(F)c2)c1F. The van der Waals surface area contributed by atoms with Crippen LogP contribution in [0.4, 0.5) is 25.1 Å². The van der Waals surface area contributed by atoms with E-state index in [0.29, 0.717) is 13.1 Å². The van der Waals surface area contributed by atoms with Crippen molar-refractivity contribution in [2.45, 2.75) is 25.1 Å². The average Bonchev–Trinajstić information content (AvgIpc) is 3.27. The van der Waals surface area contributed by atoms with E-state index < -0.39 is 17.9 Å². The summed E-state index contributed by atoms with van der Waals surface area (Å²) in [6.07, 6.45) is 1.37. The molecule has 4 N–H and O–H groups in total. The number of nitrogens with one attached hydrogen (secondary N) is 2. The zero-order chi connectivity index (χ0) is 20.5. The standard InChI is InChI=1S/C19H20F2N6O2/c20-12-2-1-3-13(6-12)26-8-15-7-14(26)9-27(15)17-16(21)11(4-5-24-17)10-29-19(28)25-18(22)23/h1-6,14-15H,7-10H2,(H4,22,23,25,28). The highest BCUT2D eigenvalue weighted by atomic mass is 19.1. The molecular formula is C19H20F2N6O2. The van der Waals surface area contributed by atoms with Crippen molar-refractivity contribution in [2.24, 2.45) is 5.73 Å². The highest BCUT2D eigenvalue weighted by molar-refractivity contribution is 5.90. The number of aromatic nitrogens is 1. The Morgan fingerprint density at radius 1 is 1.28 bits per heavy atom. The second-order valence-electron chi connectivity index (χ2n) is 7.05. The molecule has 1 amide bonds. The highest BCUT2D eigenvalue weighted by Gasteiger charge is 2.44. The summed E-state index contributed by atoms with van der Waals surface area (Å²) >= 11 is 0. The number of amides is 1. The number of hydrogen-bond donors (Lipinski definition) is 3. The fourth-order valence-electron chi connectivity index (χ4n) is 3.97. The minimum atomic E-state index is -0.929. The van der Waals surface area contributed by atoms with E-state index in [4.69, 9.17) is 15.9 Å². The van der Waals surface area contributed by atoms with Gasteiger partial charge in [-0.15, -0.1) is 0 Å². The summed E-state index contributed by atoms with van der Waals surface area (Å²) < 4.78 is 33.4. The number of rotatable bonds is 4. The number of nitrogens with two attached hydrogens (primary N) is 1. The van der Waals surface area contributed by atoms with Crippen molar-refractivity contribution in [1.29, 1.82) is 5.41 Å². The van der Waals surface area contributed by atoms with Gasteiger partial charge in [-0.2, -0.15) is 0 Å². The molecule has 152 valence electrons. The number of alkyl carbamates (subject to hydrolysis) is 1. The van der Waals surface area contributed by atoms with Gasteiger partial charge in [0, 0.05) is 36.6 Å². The van der Waals surface area contributed by atoms with Crippen molar-refractivity contribution in [3.63, 3.8) is 0 Å². The van der Waals surface area contributed by atoms with Crippen LogP contribution in [0.2, 0.25) is 0 Å². The maximum Gasteiger partial charge on any atom is 0.414 e. The minimum absolute atomic E-state index is 0.0578. The summed E-state index contributed by atoms with van der Waals surface area (Å²) in [5, 5.41) is 8.95. The first-order valence-electron chi connectivity index (χ1n) is 9.12. The topological polar surface area (TPSA) is 108 Å². The van der Waals surface area contributed by atoms with Gasteiger partial charge in [-0.1, -0.05) is 6.07 Å². The van der Waals surface area contributed by atoms with Crippen molar-refractivity contribution < 1.29 is 18.3 Å². The molecule has 2 bridgehead atoms. The largest absolute Gasteiger partial charge is 0.444 e. The van der Waals surface area contributed by atoms with Crippen LogP contribution in [-0.4, -0.2) is 42.2 Å². The van der Waals surface area contributed by atoms with E-state index in [-0.39, 0.29) is 35.9 Å². The fourth-order valence-corrected chi connectivity index (χ4v) is 3.97. The number of piperazine rings is 1. The number of benzene rings is 1. The molecular weight excluding hydrogens is 382 g/mol. The van der Waals surface area contributed by atoms with E-state index in [1.165, 1.54) is 24.4 Å². The van der Waals surface area contributed by atoms with E-state index in [0.717, 1.165) is 12.1 Å². The minimum Gasteiger partial charge on any atom is -0.444 e. The number of nitrogens with zero attached hydrogens (tertiary/aromatic N) is 3. The van der Waals surface area contributed by atoms with Crippen LogP contribution in [0.15, 0.2) is 36.5 Å². The molecule has 4 rings (SSSR count). The van der Waals surface area contributed by atoms with E-state index in [1.807, 2.05) is 16.3 Å². The third-order valence-corrected chi connectivity index (χ3v) is 5.20. The van der Waals surface area contributed by atoms with E-state index in [9.17, 15) is 13.6 Å². The Morgan fingerprint density at radius 2 is 2.03 bits per heavy atom. The lowest BCUT2D eigenvalue weighted by atomic mass is 10.2. The zero-order valence-electron chi connectivity index (χ0n) is 15.4. The molecule has 1 aromatic heterocycles. The van der Waals surface area contributed by atoms with Crippen molar-refractivity contribution in [3.05, 3.63) is 53.7 Å². The van der Waals surface area contributed by atoms with Gasteiger partial charge < -0.3 is 20.3 Å². The normalized spacial score (nSPS) is 20.1. The first-order chi connectivity index (χ1) is 13.9. The van der Waals surface area contributed by atoms with Gasteiger partial charge >= 0.3 is 6.09 Å². The van der Waals surface area contributed by atoms with Crippen LogP contribution >= 0.6 is 0 Å². The van der Waals surface area contributed by atoms with Crippen molar-refractivity contribution >= 4 is 23.6 Å². The number of ether oxygens (including phenoxy) is 1. The summed E-state index contributed by atoms with van der Waals surface area (Å²) in [6, 6.07) is 8.11. The average molecular weight is 402 g/mol. The van der Waals surface area contributed by atoms with Crippen LogP contribution in [0, 0.1) is 17.0 Å². The molecule has 0 spiro atoms. The van der Waals surface area contributed by atoms with Gasteiger partial charge in [0.25, 0.3) is 0 Å². The predicted molar refractivity (Wildman–Crippen MR) is 103 cm³/mol. The van der Waals surface area contributed by atoms with E-state index in [2.05, 4.69) is 9.88 Å². The number of carbonyl (C=O) groups is 1. The Bertz CT molecular complexity index is 956. The molecule has 2 aromatic rings. The van der Waals surface area contributed by atoms with Gasteiger partial charge in [-0.3, -0.25) is 10.7 Å². The molecule has 1 aromatic carbocycles. The van der Waals surface area contributed by atoms with Crippen LogP contribution in [-0.2, 0) is 11.3 Å². The molecule has 2 unspecified atom stereocenters. The number of fused-ring (bicyclic) bond motifs is 2. The van der Waals surface area contributed by atoms with Crippen molar-refractivity contribution in [3.8, 4) is 0 Å². The number of guanidine groups is 1. The second-order valence-corrected chi connectivity index (χ2v) is 7.05. The van der Waals surface area contributed by atoms with Crippen LogP contribution in [0.25, 0.3) is 0 Å². The van der Waals surface area contributed by atoms with Crippen molar-refractivity contribution in [2.75, 3.05) is 22.9 Å². The molecule has 8 nitrogen and oxygen atoms in total. The first-order valence-corrected chi connectivity index (χ1v) is 9.12. The Labute approximate surface area is 165 Å². The molecule has 10 heteroatoms. The number of hydrogen-bond acceptors (Lipinski definition) is 6. The Kier molecular flexibility index (Phi) is 4.91. The van der Waals surface area contributed by atoms with Crippen LogP contribution in [0.5, 0.6) is 0 Å². The van der Waals surface area contributed by atoms with Gasteiger partial charge in [-0.25, -0.2) is 18.6 Å². The summed E-state index contributed by atoms with van der Waals surface area (Å²) in [7, 11) is 0. The lowest BCUT2D eigenvalue weighted by Crippen LogP contribution is -2.47. The molecule has 2 fully saturated rings. The Balaban J connectivity index is 1.45. The molecule has 29 heavy (non-hydrogen) atoms. The predicted octanol–water partition coefficient (Wildman–Crippen LogP) is 1.95. The van der Waals surface area contributed by atoms with E-state index in [1.54, 1.807) is 6.07 Å². The molecule has 2 aliphatic rings. The summed E-state index contributed by atoms with van der Waals surface area (Å²) in [4.78, 5) is 19.7. The Morgan fingerprint density at radius 3 is 2.72 bits per heavy atom. The lowest BCUT2D eigenvalue weighted by molar-refractivity contribution is 0.143. The van der Waals surface area contributed by atoms with Gasteiger partial charge in [0.2, 0.25) is 0 Å². The maximum absolute atomic E-state index is 15.0. The summed E-state index contributed by atoms with van der Waals surface area (Å²) in [5.41, 5.74) is 6.05. The number of pyridine rings is 1. The third kappa shape index (κ3) is 3.78. The van der Waals surface area contributed by atoms with Crippen molar-refractivity contribution in [1.82, 2.24) is 10.3 Å². The lowest BCUT2D eigenvalue weighted by Gasteiger charge is -2.36. The van der Waals surface area contributed by atoms with Gasteiger partial charge in [-0.05, 0) is 30.7 Å². The molecule has 3 heterocycles. The van der Waals surface area contributed by atoms with Crippen LogP contribution in [0.1, 0.15) is 12.0 Å². The quantitative estimate of drug-likeness (QED) is 0.533. The number of carbonyl (C=O) groups excluding carboxylic acids is 1. The highest BCUT2D eigenvalue weighted by Crippen LogP contribution is 2.38. The Hall–Kier alpha value is -3.43. The third-order valence-electron chi connectivity index (χ3n) is 5.20. The fraction of sp³-hybridized carbons (Fsp3) is 0.316. The number of anilines is 2. The maximum atomic E-state index is 15.0. The van der Waals surface area contributed by atoms with Gasteiger partial charge in [0.15, 0.2) is 17.6 Å². The van der Waals surface area contributed by atoms with E-state index >= 15 is 0 Å². The second kappa shape index (κ2) is 7.53. The molecule has 0 saturated carbocycles. The molecule has 2 saturated heterocycles. The summed E-state index contributed by atoms with van der Waals surface area (Å²) in [5.74, 6) is -1.17. The van der Waals surface area contributed by atoms with Crippen LogP contribution < -0.4 is 20.9 Å². The smallest absolute Gasteiger partial charge is 0.414 e. The molecule has 0 aliphatic carbocycles. The number of halogens is 2. The first kappa shape index (κ1) is 18.9. The summed E-state index contributed by atoms with van der Waals surface area (Å²) in [6.45, 7) is 0.912. The molecule has 0 radical (unpaired) electrons. The van der Waals surface area contributed by atoms with Gasteiger partial charge in [0.1, 0.15) is 12.4 Å². The molecule has 2 aliphatic heterocycles. The molecule has 2 atom stereocenters. The zero-order valence-corrected chi connectivity index (χ0v) is 15.4. The van der Waals surface area contributed by atoms with Gasteiger partial charge in [0.05, 0.1) is 6.04 Å². The van der Waals surface area contributed by atoms with Crippen LogP contribution in [0.3, 0.4) is 0 Å².